The third-order valence-corrected chi connectivity index (χ3v) is 2.62. The summed E-state index contributed by atoms with van der Waals surface area (Å²) in [6, 6.07) is -1.02. The van der Waals surface area contributed by atoms with Crippen LogP contribution in [0.15, 0.2) is 0 Å². The Hall–Kier alpha value is -2.12. The van der Waals surface area contributed by atoms with Crippen LogP contribution in [-0.2, 0) is 28.6 Å². The van der Waals surface area contributed by atoms with E-state index in [1.54, 1.807) is 34.6 Å². The van der Waals surface area contributed by atoms with Gasteiger partial charge in [-0.1, -0.05) is 0 Å². The van der Waals surface area contributed by atoms with Gasteiger partial charge in [0, 0.05) is 6.42 Å². The number of hydrogen-bond acceptors (Lipinski definition) is 7. The molecule has 0 unspecified atom stereocenters. The Morgan fingerprint density at radius 2 is 1.58 bits per heavy atom. The number of hydrogen-bond donors (Lipinski definition) is 1. The van der Waals surface area contributed by atoms with E-state index in [2.05, 4.69) is 10.1 Å². The van der Waals surface area contributed by atoms with Gasteiger partial charge in [-0.3, -0.25) is 9.59 Å². The SMILES string of the molecule is CCOC(=O)CC(=O)CC[C@H](NC(=O)OC(C)(C)C)C(=O)OCC. The van der Waals surface area contributed by atoms with Gasteiger partial charge in [0.1, 0.15) is 23.8 Å². The Kier molecular flexibility index (Phi) is 9.68. The number of carbonyl (C=O) groups is 4. The van der Waals surface area contributed by atoms with E-state index in [1.165, 1.54) is 0 Å². The summed E-state index contributed by atoms with van der Waals surface area (Å²) in [4.78, 5) is 46.6. The molecule has 0 radical (unpaired) electrons. The Morgan fingerprint density at radius 1 is 1.00 bits per heavy atom. The summed E-state index contributed by atoms with van der Waals surface area (Å²) in [5, 5.41) is 2.39. The van der Waals surface area contributed by atoms with E-state index in [4.69, 9.17) is 9.47 Å². The Morgan fingerprint density at radius 3 is 2.08 bits per heavy atom. The van der Waals surface area contributed by atoms with Gasteiger partial charge in [0.2, 0.25) is 0 Å². The monoisotopic (exact) mass is 345 g/mol. The molecule has 0 bridgehead atoms. The normalized spacial score (nSPS) is 12.0. The predicted molar refractivity (Wildman–Crippen MR) is 85.3 cm³/mol. The topological polar surface area (TPSA) is 108 Å². The number of carbonyl (C=O) groups excluding carboxylic acids is 4. The van der Waals surface area contributed by atoms with E-state index in [1.807, 2.05) is 0 Å². The Bertz CT molecular complexity index is 454. The quantitative estimate of drug-likeness (QED) is 0.385. The second kappa shape index (κ2) is 10.6. The fourth-order valence-electron chi connectivity index (χ4n) is 1.71. The molecule has 0 aliphatic carbocycles. The van der Waals surface area contributed by atoms with Crippen molar-refractivity contribution in [3.05, 3.63) is 0 Å². The van der Waals surface area contributed by atoms with Crippen LogP contribution >= 0.6 is 0 Å². The molecule has 0 spiro atoms. The Labute approximate surface area is 142 Å². The highest BCUT2D eigenvalue weighted by atomic mass is 16.6. The molecule has 0 rings (SSSR count). The lowest BCUT2D eigenvalue weighted by Crippen LogP contribution is -2.44. The van der Waals surface area contributed by atoms with Crippen LogP contribution in [0.1, 0.15) is 53.9 Å². The van der Waals surface area contributed by atoms with Crippen molar-refractivity contribution in [1.82, 2.24) is 5.32 Å². The molecule has 24 heavy (non-hydrogen) atoms. The van der Waals surface area contributed by atoms with Crippen LogP contribution in [0.3, 0.4) is 0 Å². The summed E-state index contributed by atoms with van der Waals surface area (Å²) in [5.74, 6) is -1.66. The molecule has 8 nitrogen and oxygen atoms in total. The fraction of sp³-hybridized carbons (Fsp3) is 0.750. The van der Waals surface area contributed by atoms with Crippen molar-refractivity contribution in [2.45, 2.75) is 65.5 Å². The minimum Gasteiger partial charge on any atom is -0.466 e. The van der Waals surface area contributed by atoms with Crippen LogP contribution in [0.4, 0.5) is 4.79 Å². The van der Waals surface area contributed by atoms with Crippen LogP contribution in [-0.4, -0.2) is 48.7 Å². The second-order valence-corrected chi connectivity index (χ2v) is 6.01. The maximum absolute atomic E-state index is 11.9. The summed E-state index contributed by atoms with van der Waals surface area (Å²) in [5.41, 5.74) is -0.719. The Balaban J connectivity index is 4.62. The molecule has 138 valence electrons. The van der Waals surface area contributed by atoms with Crippen LogP contribution < -0.4 is 5.32 Å². The fourth-order valence-corrected chi connectivity index (χ4v) is 1.71. The number of nitrogens with one attached hydrogen (secondary N) is 1. The van der Waals surface area contributed by atoms with E-state index >= 15 is 0 Å². The third kappa shape index (κ3) is 10.6. The van der Waals surface area contributed by atoms with E-state index in [0.29, 0.717) is 0 Å². The van der Waals surface area contributed by atoms with Crippen molar-refractivity contribution in [3.63, 3.8) is 0 Å². The average Bonchev–Trinajstić information content (AvgIpc) is 2.41. The van der Waals surface area contributed by atoms with Gasteiger partial charge in [0.15, 0.2) is 0 Å². The largest absolute Gasteiger partial charge is 0.466 e. The summed E-state index contributed by atoms with van der Waals surface area (Å²) in [6.07, 6.45) is -1.21. The summed E-state index contributed by atoms with van der Waals surface area (Å²) >= 11 is 0. The molecular weight excluding hydrogens is 318 g/mol. The molecule has 0 heterocycles. The first-order valence-corrected chi connectivity index (χ1v) is 7.92. The number of ketones is 1. The number of alkyl carbamates (subject to hydrolysis) is 1. The first kappa shape index (κ1) is 21.9. The molecule has 0 fully saturated rings. The zero-order valence-electron chi connectivity index (χ0n) is 15.0. The smallest absolute Gasteiger partial charge is 0.408 e. The van der Waals surface area contributed by atoms with Crippen molar-refractivity contribution < 1.29 is 33.4 Å². The highest BCUT2D eigenvalue weighted by Crippen LogP contribution is 2.09. The third-order valence-electron chi connectivity index (χ3n) is 2.62. The highest BCUT2D eigenvalue weighted by Gasteiger charge is 2.26. The van der Waals surface area contributed by atoms with E-state index < -0.39 is 29.7 Å². The number of rotatable bonds is 9. The van der Waals surface area contributed by atoms with E-state index in [-0.39, 0.29) is 38.3 Å². The van der Waals surface area contributed by atoms with E-state index in [9.17, 15) is 19.2 Å². The van der Waals surface area contributed by atoms with Crippen LogP contribution in [0.2, 0.25) is 0 Å². The first-order valence-electron chi connectivity index (χ1n) is 7.92. The summed E-state index contributed by atoms with van der Waals surface area (Å²) in [7, 11) is 0. The molecule has 0 saturated heterocycles. The van der Waals surface area contributed by atoms with Gasteiger partial charge in [0.05, 0.1) is 13.2 Å². The highest BCUT2D eigenvalue weighted by molar-refractivity contribution is 5.95. The first-order chi connectivity index (χ1) is 11.1. The lowest BCUT2D eigenvalue weighted by molar-refractivity contribution is -0.145. The van der Waals surface area contributed by atoms with Gasteiger partial charge in [-0.2, -0.15) is 0 Å². The predicted octanol–water partition coefficient (Wildman–Crippen LogP) is 1.75. The molecule has 8 heteroatoms. The lowest BCUT2D eigenvalue weighted by atomic mass is 10.1. The maximum atomic E-state index is 11.9. The zero-order valence-corrected chi connectivity index (χ0v) is 15.0. The summed E-state index contributed by atoms with van der Waals surface area (Å²) < 4.78 is 14.6. The molecule has 0 aromatic rings. The van der Waals surface area contributed by atoms with Gasteiger partial charge < -0.3 is 19.5 Å². The van der Waals surface area contributed by atoms with Gasteiger partial charge in [-0.15, -0.1) is 0 Å². The van der Waals surface area contributed by atoms with Crippen LogP contribution in [0.5, 0.6) is 0 Å². The second-order valence-electron chi connectivity index (χ2n) is 6.01. The molecule has 0 aromatic heterocycles. The molecule has 0 aromatic carbocycles. The number of ether oxygens (including phenoxy) is 3. The minimum atomic E-state index is -1.02. The molecule has 0 aliphatic heterocycles. The van der Waals surface area contributed by atoms with Crippen molar-refractivity contribution in [1.29, 1.82) is 0 Å². The van der Waals surface area contributed by atoms with Crippen molar-refractivity contribution in [3.8, 4) is 0 Å². The molecule has 1 amide bonds. The van der Waals surface area contributed by atoms with Crippen molar-refractivity contribution >= 4 is 23.8 Å². The number of Topliss-reactive ketones (excluding diaryl/α,β-unsaturated/α-hetero) is 1. The lowest BCUT2D eigenvalue weighted by Gasteiger charge is -2.22. The molecule has 1 atom stereocenters. The molecule has 1 N–H and O–H groups in total. The van der Waals surface area contributed by atoms with Crippen LogP contribution in [0.25, 0.3) is 0 Å². The van der Waals surface area contributed by atoms with Crippen molar-refractivity contribution in [2.24, 2.45) is 0 Å². The van der Waals surface area contributed by atoms with Gasteiger partial charge in [0.25, 0.3) is 0 Å². The number of amides is 1. The van der Waals surface area contributed by atoms with Crippen LogP contribution in [0, 0.1) is 0 Å². The van der Waals surface area contributed by atoms with Gasteiger partial charge in [-0.25, -0.2) is 9.59 Å². The van der Waals surface area contributed by atoms with E-state index in [0.717, 1.165) is 0 Å². The standard InChI is InChI=1S/C16H27NO7/c1-6-22-13(19)10-11(18)8-9-12(14(20)23-7-2)17-15(21)24-16(3,4)5/h12H,6-10H2,1-5H3,(H,17,21)/t12-/m0/s1. The number of esters is 2. The molecule has 0 saturated carbocycles. The van der Waals surface area contributed by atoms with Gasteiger partial charge >= 0.3 is 18.0 Å². The summed E-state index contributed by atoms with van der Waals surface area (Å²) in [6.45, 7) is 8.68. The minimum absolute atomic E-state index is 0.0102. The maximum Gasteiger partial charge on any atom is 0.408 e. The molecular formula is C16H27NO7. The van der Waals surface area contributed by atoms with Crippen molar-refractivity contribution in [2.75, 3.05) is 13.2 Å². The zero-order chi connectivity index (χ0) is 18.8. The molecule has 0 aliphatic rings. The van der Waals surface area contributed by atoms with Gasteiger partial charge in [-0.05, 0) is 41.0 Å². The average molecular weight is 345 g/mol.